The average molecular weight is 537 g/mol. The topological polar surface area (TPSA) is 36.7 Å². The summed E-state index contributed by atoms with van der Waals surface area (Å²) in [7, 11) is 0. The number of carbonyl (C=O) groups is 1. The lowest BCUT2D eigenvalue weighted by Crippen LogP contribution is -2.27. The number of furan rings is 1. The predicted molar refractivity (Wildman–Crippen MR) is 140 cm³/mol. The van der Waals surface area contributed by atoms with E-state index in [4.69, 9.17) is 9.21 Å². The lowest BCUT2D eigenvalue weighted by molar-refractivity contribution is -0.106. The third-order valence-electron chi connectivity index (χ3n) is 5.78. The van der Waals surface area contributed by atoms with Crippen LogP contribution in [0.25, 0.3) is 5.57 Å². The summed E-state index contributed by atoms with van der Waals surface area (Å²) in [5.41, 5.74) is 1.30. The third kappa shape index (κ3) is 8.19. The fourth-order valence-electron chi connectivity index (χ4n) is 3.90. The first-order valence-electron chi connectivity index (χ1n) is 12.1. The van der Waals surface area contributed by atoms with Gasteiger partial charge in [-0.05, 0) is 51.0 Å². The highest BCUT2D eigenvalue weighted by Gasteiger charge is 2.39. The number of carbonyl (C=O) groups excluding carboxylic acids is 1. The van der Waals surface area contributed by atoms with Crippen molar-refractivity contribution in [1.82, 2.24) is 4.90 Å². The Labute approximate surface area is 220 Å². The van der Waals surface area contributed by atoms with E-state index >= 15 is 0 Å². The van der Waals surface area contributed by atoms with Gasteiger partial charge in [-0.1, -0.05) is 31.7 Å². The zero-order valence-electron chi connectivity index (χ0n) is 22.0. The summed E-state index contributed by atoms with van der Waals surface area (Å²) in [4.78, 5) is 12.3. The van der Waals surface area contributed by atoms with Gasteiger partial charge in [0, 0.05) is 54.3 Å². The summed E-state index contributed by atoms with van der Waals surface area (Å²) in [5.74, 6) is -2.91. The number of rotatable bonds is 9. The van der Waals surface area contributed by atoms with Crippen LogP contribution in [0.15, 0.2) is 89.2 Å². The van der Waals surface area contributed by atoms with Crippen LogP contribution in [-0.4, -0.2) is 30.5 Å². The van der Waals surface area contributed by atoms with Crippen molar-refractivity contribution in [2.45, 2.75) is 52.6 Å². The maximum absolute atomic E-state index is 13.7. The molecule has 0 saturated heterocycles. The Balaban J connectivity index is 0.00000161. The summed E-state index contributed by atoms with van der Waals surface area (Å²) in [6.45, 7) is 11.0. The van der Waals surface area contributed by atoms with Gasteiger partial charge in [0.25, 0.3) is 5.92 Å². The number of aldehydes is 1. The SMILES string of the molecule is C=C1C(C(F)(F)F)=CC(c2ccoc2)=CN1/C(C)=C/CCN(CCC)c1ccc(C(C)(F)F)cc1.CC=O. The van der Waals surface area contributed by atoms with Crippen LogP contribution in [0, 0.1) is 0 Å². The Morgan fingerprint density at radius 1 is 1.11 bits per heavy atom. The van der Waals surface area contributed by atoms with E-state index < -0.39 is 17.7 Å². The van der Waals surface area contributed by atoms with Gasteiger partial charge in [0.05, 0.1) is 23.8 Å². The fourth-order valence-corrected chi connectivity index (χ4v) is 3.90. The Morgan fingerprint density at radius 3 is 2.24 bits per heavy atom. The number of alkyl halides is 5. The van der Waals surface area contributed by atoms with Crippen LogP contribution in [0.2, 0.25) is 0 Å². The quantitative estimate of drug-likeness (QED) is 0.238. The van der Waals surface area contributed by atoms with E-state index in [-0.39, 0.29) is 11.3 Å². The van der Waals surface area contributed by atoms with Gasteiger partial charge in [-0.3, -0.25) is 0 Å². The summed E-state index contributed by atoms with van der Waals surface area (Å²) in [6, 6.07) is 7.79. The van der Waals surface area contributed by atoms with Crippen LogP contribution >= 0.6 is 0 Å². The number of hydrogen-bond acceptors (Lipinski definition) is 4. The van der Waals surface area contributed by atoms with Crippen molar-refractivity contribution in [3.05, 3.63) is 95.9 Å². The van der Waals surface area contributed by atoms with Gasteiger partial charge in [0.1, 0.15) is 6.29 Å². The molecule has 0 atom stereocenters. The molecule has 4 nitrogen and oxygen atoms in total. The Hall–Kier alpha value is -3.62. The second-order valence-corrected chi connectivity index (χ2v) is 8.76. The second kappa shape index (κ2) is 13.3. The monoisotopic (exact) mass is 536 g/mol. The van der Waals surface area contributed by atoms with Crippen molar-refractivity contribution in [3.8, 4) is 0 Å². The number of hydrogen-bond donors (Lipinski definition) is 0. The molecule has 0 saturated carbocycles. The smallest absolute Gasteiger partial charge is 0.418 e. The Bertz CT molecular complexity index is 1160. The largest absolute Gasteiger partial charge is 0.472 e. The summed E-state index contributed by atoms with van der Waals surface area (Å²) >= 11 is 0. The van der Waals surface area contributed by atoms with Crippen molar-refractivity contribution < 1.29 is 31.2 Å². The van der Waals surface area contributed by atoms with E-state index in [9.17, 15) is 22.0 Å². The molecule has 1 aliphatic heterocycles. The molecule has 0 N–H and O–H groups in total. The van der Waals surface area contributed by atoms with Gasteiger partial charge in [0.15, 0.2) is 0 Å². The highest BCUT2D eigenvalue weighted by molar-refractivity contribution is 5.77. The van der Waals surface area contributed by atoms with E-state index in [0.717, 1.165) is 37.9 Å². The summed E-state index contributed by atoms with van der Waals surface area (Å²) in [5, 5.41) is 0. The molecule has 3 rings (SSSR count). The molecule has 0 unspecified atom stereocenters. The molecule has 38 heavy (non-hydrogen) atoms. The van der Waals surface area contributed by atoms with Crippen LogP contribution in [-0.2, 0) is 10.7 Å². The molecule has 1 aliphatic rings. The lowest BCUT2D eigenvalue weighted by atomic mass is 10.00. The molecule has 0 bridgehead atoms. The number of halogens is 5. The first-order chi connectivity index (χ1) is 17.8. The van der Waals surface area contributed by atoms with E-state index in [1.807, 2.05) is 13.0 Å². The minimum atomic E-state index is -4.56. The van der Waals surface area contributed by atoms with Gasteiger partial charge >= 0.3 is 6.18 Å². The minimum Gasteiger partial charge on any atom is -0.472 e. The molecule has 0 aliphatic carbocycles. The molecule has 1 aromatic heterocycles. The van der Waals surface area contributed by atoms with Gasteiger partial charge < -0.3 is 19.0 Å². The molecule has 206 valence electrons. The molecule has 0 fully saturated rings. The zero-order valence-corrected chi connectivity index (χ0v) is 22.0. The van der Waals surface area contributed by atoms with Crippen LogP contribution in [0.1, 0.15) is 51.7 Å². The summed E-state index contributed by atoms with van der Waals surface area (Å²) in [6.07, 6.45) is 4.93. The lowest BCUT2D eigenvalue weighted by Gasteiger charge is -2.31. The number of nitrogens with zero attached hydrogens (tertiary/aromatic N) is 2. The van der Waals surface area contributed by atoms with E-state index in [1.165, 1.54) is 36.5 Å². The Kier molecular flexibility index (Phi) is 10.7. The van der Waals surface area contributed by atoms with Gasteiger partial charge in [-0.2, -0.15) is 13.2 Å². The minimum absolute atomic E-state index is 0.0502. The van der Waals surface area contributed by atoms with E-state index in [2.05, 4.69) is 11.5 Å². The second-order valence-electron chi connectivity index (χ2n) is 8.76. The van der Waals surface area contributed by atoms with Gasteiger partial charge in [-0.25, -0.2) is 8.78 Å². The highest BCUT2D eigenvalue weighted by atomic mass is 19.4. The van der Waals surface area contributed by atoms with E-state index in [1.54, 1.807) is 31.3 Å². The normalized spacial score (nSPS) is 14.4. The van der Waals surface area contributed by atoms with Crippen molar-refractivity contribution in [2.24, 2.45) is 0 Å². The van der Waals surface area contributed by atoms with Gasteiger partial charge in [-0.15, -0.1) is 0 Å². The van der Waals surface area contributed by atoms with Crippen LogP contribution < -0.4 is 4.90 Å². The third-order valence-corrected chi connectivity index (χ3v) is 5.78. The zero-order chi connectivity index (χ0) is 28.5. The first kappa shape index (κ1) is 30.6. The van der Waals surface area contributed by atoms with Crippen molar-refractivity contribution >= 4 is 17.5 Å². The Morgan fingerprint density at radius 2 is 1.74 bits per heavy atom. The molecule has 2 heterocycles. The first-order valence-corrected chi connectivity index (χ1v) is 12.1. The molecule has 0 spiro atoms. The van der Waals surface area contributed by atoms with Crippen molar-refractivity contribution in [1.29, 1.82) is 0 Å². The molecule has 9 heteroatoms. The molecule has 2 aromatic rings. The number of benzene rings is 1. The number of allylic oxidation sites excluding steroid dienone is 4. The molecule has 0 amide bonds. The molecule has 1 aromatic carbocycles. The maximum Gasteiger partial charge on any atom is 0.418 e. The van der Waals surface area contributed by atoms with Crippen LogP contribution in [0.3, 0.4) is 0 Å². The number of anilines is 1. The van der Waals surface area contributed by atoms with Crippen LogP contribution in [0.5, 0.6) is 0 Å². The molecule has 0 radical (unpaired) electrons. The summed E-state index contributed by atoms with van der Waals surface area (Å²) < 4.78 is 73.2. The molecular weight excluding hydrogens is 503 g/mol. The van der Waals surface area contributed by atoms with E-state index in [0.29, 0.717) is 29.8 Å². The van der Waals surface area contributed by atoms with Crippen molar-refractivity contribution in [3.63, 3.8) is 0 Å². The average Bonchev–Trinajstić information content (AvgIpc) is 3.38. The van der Waals surface area contributed by atoms with Gasteiger partial charge in [0.2, 0.25) is 0 Å². The van der Waals surface area contributed by atoms with Crippen LogP contribution in [0.4, 0.5) is 27.6 Å². The maximum atomic E-state index is 13.7. The standard InChI is InChI=1S/C27H29F5N2O.C2H4O/c1-5-13-33(24-10-8-23(9-11-24)26(4,28)29)14-6-7-19(2)34-17-22(21-12-15-35-18-21)16-25(20(34)3)27(30,31)32;1-2-3/h7-12,15-18H,3,5-6,13-14H2,1-2,4H3;2H,1H3/b19-7+;. The van der Waals surface area contributed by atoms with Crippen molar-refractivity contribution in [2.75, 3.05) is 18.0 Å². The highest BCUT2D eigenvalue weighted by Crippen LogP contribution is 2.40. The molecular formula is C29H33F5N2O2. The predicted octanol–water partition coefficient (Wildman–Crippen LogP) is 8.47. The fraction of sp³-hybridized carbons (Fsp3) is 0.345.